The van der Waals surface area contributed by atoms with E-state index in [1.165, 1.54) is 28.8 Å². The van der Waals surface area contributed by atoms with Crippen molar-refractivity contribution in [1.29, 1.82) is 0 Å². The Morgan fingerprint density at radius 2 is 1.56 bits per heavy atom. The average Bonchev–Trinajstić information content (AvgIpc) is 3.00. The lowest BCUT2D eigenvalue weighted by molar-refractivity contribution is -0.192. The van der Waals surface area contributed by atoms with Gasteiger partial charge in [-0.15, -0.1) is 11.8 Å². The van der Waals surface area contributed by atoms with Gasteiger partial charge in [-0.1, -0.05) is 24.3 Å². The van der Waals surface area contributed by atoms with Crippen LogP contribution in [0.5, 0.6) is 5.75 Å². The fourth-order valence-corrected chi connectivity index (χ4v) is 5.32. The van der Waals surface area contributed by atoms with Crippen LogP contribution in [-0.4, -0.2) is 64.0 Å². The highest BCUT2D eigenvalue weighted by Gasteiger charge is 2.38. The van der Waals surface area contributed by atoms with Gasteiger partial charge < -0.3 is 25.6 Å². The summed E-state index contributed by atoms with van der Waals surface area (Å²) in [5.74, 6) is -5.34. The van der Waals surface area contributed by atoms with Crippen LogP contribution in [0.25, 0.3) is 11.1 Å². The van der Waals surface area contributed by atoms with Gasteiger partial charge >= 0.3 is 18.1 Å². The molecular formula is C31H31F5N2O6S. The van der Waals surface area contributed by atoms with E-state index in [0.29, 0.717) is 34.6 Å². The van der Waals surface area contributed by atoms with E-state index < -0.39 is 29.7 Å². The first kappa shape index (κ1) is 35.3. The Bertz CT molecular complexity index is 1490. The largest absolute Gasteiger partial charge is 0.490 e. The molecule has 1 amide bonds. The third-order valence-corrected chi connectivity index (χ3v) is 7.76. The van der Waals surface area contributed by atoms with Crippen molar-refractivity contribution in [2.75, 3.05) is 12.8 Å². The molecule has 4 rings (SSSR count). The van der Waals surface area contributed by atoms with Crippen LogP contribution >= 0.6 is 11.8 Å². The number of amides is 1. The number of ether oxygens (including phenoxy) is 1. The molecule has 0 unspecified atom stereocenters. The normalized spacial score (nSPS) is 16.2. The number of hydrogen-bond acceptors (Lipinski definition) is 6. The summed E-state index contributed by atoms with van der Waals surface area (Å²) < 4.78 is 65.1. The summed E-state index contributed by atoms with van der Waals surface area (Å²) >= 11 is 1.34. The second-order valence-corrected chi connectivity index (χ2v) is 11.0. The minimum Gasteiger partial charge on any atom is -0.489 e. The van der Waals surface area contributed by atoms with Crippen molar-refractivity contribution in [3.63, 3.8) is 0 Å². The molecule has 1 saturated carbocycles. The number of carbonyl (C=O) groups excluding carboxylic acids is 1. The van der Waals surface area contributed by atoms with Crippen LogP contribution in [0.4, 0.5) is 22.0 Å². The van der Waals surface area contributed by atoms with Gasteiger partial charge in [0, 0.05) is 22.5 Å². The van der Waals surface area contributed by atoms with Gasteiger partial charge in [-0.3, -0.25) is 9.59 Å². The Hall–Kier alpha value is -4.17. The second-order valence-electron chi connectivity index (χ2n) is 10.2. The lowest BCUT2D eigenvalue weighted by Crippen LogP contribution is -2.46. The Balaban J connectivity index is 0.000000707. The highest BCUT2D eigenvalue weighted by atomic mass is 32.2. The summed E-state index contributed by atoms with van der Waals surface area (Å²) in [6, 6.07) is 16.3. The molecule has 0 heterocycles. The maximum absolute atomic E-state index is 13.8. The quantitative estimate of drug-likeness (QED) is 0.180. The van der Waals surface area contributed by atoms with Crippen LogP contribution in [0.2, 0.25) is 0 Å². The number of nitrogens with two attached hydrogens (primary N) is 1. The standard InChI is InChI=1S/C29H30F2N2O4S.C2HF3O2/c1-38-27-15-26(31)25(30)14-24(27)19-5-11-23(12-6-19)37-17-18-3-2-4-20(13-18)29(36)33(16-28(34)35)22-9-7-21(32)8-10-22;3-2(4,5)1(6)7/h2-6,11-15,21-22H,7-10,16-17,32H2,1H3,(H,34,35);(H,6,7). The maximum Gasteiger partial charge on any atom is 0.490 e. The van der Waals surface area contributed by atoms with Crippen molar-refractivity contribution in [3.05, 3.63) is 83.4 Å². The summed E-state index contributed by atoms with van der Waals surface area (Å²) in [5, 5.41) is 16.5. The predicted molar refractivity (Wildman–Crippen MR) is 157 cm³/mol. The van der Waals surface area contributed by atoms with E-state index in [9.17, 15) is 36.6 Å². The van der Waals surface area contributed by atoms with Gasteiger partial charge in [0.25, 0.3) is 5.91 Å². The van der Waals surface area contributed by atoms with Crippen LogP contribution in [0.3, 0.4) is 0 Å². The fourth-order valence-electron chi connectivity index (χ4n) is 4.71. The number of aliphatic carboxylic acids is 2. The summed E-state index contributed by atoms with van der Waals surface area (Å²) in [6.07, 6.45) is -0.396. The molecule has 0 aromatic heterocycles. The molecule has 0 spiro atoms. The van der Waals surface area contributed by atoms with Crippen molar-refractivity contribution in [3.8, 4) is 16.9 Å². The first-order valence-corrected chi connectivity index (χ1v) is 14.9. The third-order valence-electron chi connectivity index (χ3n) is 6.98. The van der Waals surface area contributed by atoms with Gasteiger partial charge in [0.2, 0.25) is 0 Å². The highest BCUT2D eigenvalue weighted by molar-refractivity contribution is 7.98. The van der Waals surface area contributed by atoms with Crippen molar-refractivity contribution in [1.82, 2.24) is 4.90 Å². The summed E-state index contributed by atoms with van der Waals surface area (Å²) in [6.45, 7) is -0.166. The van der Waals surface area contributed by atoms with Gasteiger partial charge in [-0.2, -0.15) is 13.2 Å². The smallest absolute Gasteiger partial charge is 0.489 e. The Morgan fingerprint density at radius 1 is 0.956 bits per heavy atom. The van der Waals surface area contributed by atoms with Crippen LogP contribution in [-0.2, 0) is 16.2 Å². The highest BCUT2D eigenvalue weighted by Crippen LogP contribution is 2.33. The monoisotopic (exact) mass is 654 g/mol. The van der Waals surface area contributed by atoms with E-state index in [2.05, 4.69) is 0 Å². The lowest BCUT2D eigenvalue weighted by atomic mass is 9.90. The summed E-state index contributed by atoms with van der Waals surface area (Å²) in [5.41, 5.74) is 8.47. The fraction of sp³-hybridized carbons (Fsp3) is 0.323. The predicted octanol–water partition coefficient (Wildman–Crippen LogP) is 6.36. The van der Waals surface area contributed by atoms with Gasteiger partial charge in [0.15, 0.2) is 11.6 Å². The van der Waals surface area contributed by atoms with Crippen molar-refractivity contribution in [2.45, 2.75) is 55.4 Å². The SMILES string of the molecule is CSc1cc(F)c(F)cc1-c1ccc(OCc2cccc(C(=O)N(CC(=O)O)C3CCC(N)CC3)c2)cc1.O=C(O)C(F)(F)F. The van der Waals surface area contributed by atoms with Crippen molar-refractivity contribution < 1.29 is 51.3 Å². The summed E-state index contributed by atoms with van der Waals surface area (Å²) in [4.78, 5) is 35.7. The minimum atomic E-state index is -5.08. The van der Waals surface area contributed by atoms with E-state index in [1.54, 1.807) is 48.7 Å². The van der Waals surface area contributed by atoms with Gasteiger partial charge in [0.1, 0.15) is 18.9 Å². The Labute approximate surface area is 260 Å². The van der Waals surface area contributed by atoms with Crippen LogP contribution in [0, 0.1) is 11.6 Å². The van der Waals surface area contributed by atoms with Crippen LogP contribution in [0.15, 0.2) is 65.6 Å². The topological polar surface area (TPSA) is 130 Å². The molecular weight excluding hydrogens is 623 g/mol. The number of carboxylic acids is 2. The van der Waals surface area contributed by atoms with E-state index in [4.69, 9.17) is 20.4 Å². The van der Waals surface area contributed by atoms with Gasteiger partial charge in [-0.05, 0) is 85.0 Å². The maximum atomic E-state index is 13.8. The van der Waals surface area contributed by atoms with Crippen LogP contribution in [0.1, 0.15) is 41.6 Å². The molecule has 1 aliphatic rings. The number of alkyl halides is 3. The molecule has 242 valence electrons. The molecule has 0 aliphatic heterocycles. The first-order chi connectivity index (χ1) is 21.2. The molecule has 4 N–H and O–H groups in total. The lowest BCUT2D eigenvalue weighted by Gasteiger charge is -2.35. The number of thioether (sulfide) groups is 1. The zero-order chi connectivity index (χ0) is 33.3. The van der Waals surface area contributed by atoms with Crippen LogP contribution < -0.4 is 10.5 Å². The second kappa shape index (κ2) is 15.7. The number of benzene rings is 3. The molecule has 0 saturated heterocycles. The van der Waals surface area contributed by atoms with Crippen molar-refractivity contribution in [2.24, 2.45) is 5.73 Å². The van der Waals surface area contributed by atoms with Crippen molar-refractivity contribution >= 4 is 29.6 Å². The molecule has 1 fully saturated rings. The number of hydrogen-bond donors (Lipinski definition) is 3. The zero-order valence-electron chi connectivity index (χ0n) is 24.0. The minimum absolute atomic E-state index is 0.0898. The number of halogens is 5. The molecule has 3 aromatic carbocycles. The molecule has 45 heavy (non-hydrogen) atoms. The molecule has 14 heteroatoms. The van der Waals surface area contributed by atoms with E-state index in [-0.39, 0.29) is 31.1 Å². The summed E-state index contributed by atoms with van der Waals surface area (Å²) in [7, 11) is 0. The average molecular weight is 655 g/mol. The number of carboxylic acid groups (broad SMARTS) is 2. The van der Waals surface area contributed by atoms with Gasteiger partial charge in [0.05, 0.1) is 0 Å². The molecule has 1 aliphatic carbocycles. The molecule has 3 aromatic rings. The van der Waals surface area contributed by atoms with E-state index in [0.717, 1.165) is 24.0 Å². The molecule has 0 radical (unpaired) electrons. The Morgan fingerprint density at radius 3 is 2.11 bits per heavy atom. The first-order valence-electron chi connectivity index (χ1n) is 13.6. The number of rotatable bonds is 9. The molecule has 8 nitrogen and oxygen atoms in total. The van der Waals surface area contributed by atoms with E-state index in [1.807, 2.05) is 6.07 Å². The molecule has 0 bridgehead atoms. The number of nitrogens with zero attached hydrogens (tertiary/aromatic N) is 1. The van der Waals surface area contributed by atoms with E-state index >= 15 is 0 Å². The number of carbonyl (C=O) groups is 3. The van der Waals surface area contributed by atoms with Gasteiger partial charge in [-0.25, -0.2) is 13.6 Å². The zero-order valence-corrected chi connectivity index (χ0v) is 24.8. The third kappa shape index (κ3) is 10.2. The Kier molecular flexibility index (Phi) is 12.3. The molecule has 0 atom stereocenters.